The van der Waals surface area contributed by atoms with Crippen LogP contribution in [0.15, 0.2) is 48.8 Å². The molecule has 0 bridgehead atoms. The fourth-order valence-corrected chi connectivity index (χ4v) is 6.37. The first-order valence-electron chi connectivity index (χ1n) is 13.2. The van der Waals surface area contributed by atoms with Crippen molar-refractivity contribution in [1.82, 2.24) is 14.6 Å². The van der Waals surface area contributed by atoms with Gasteiger partial charge < -0.3 is 14.4 Å². The number of esters is 1. The van der Waals surface area contributed by atoms with Gasteiger partial charge in [0.25, 0.3) is 0 Å². The van der Waals surface area contributed by atoms with Gasteiger partial charge in [-0.3, -0.25) is 4.79 Å². The first kappa shape index (κ1) is 26.3. The molecule has 0 aliphatic heterocycles. The van der Waals surface area contributed by atoms with E-state index in [9.17, 15) is 9.59 Å². The number of thiophene rings is 1. The van der Waals surface area contributed by atoms with Crippen molar-refractivity contribution in [2.45, 2.75) is 44.9 Å². The predicted molar refractivity (Wildman–Crippen MR) is 148 cm³/mol. The first-order valence-corrected chi connectivity index (χ1v) is 14.0. The van der Waals surface area contributed by atoms with Crippen LogP contribution in [0.2, 0.25) is 0 Å². The number of rotatable bonds is 8. The maximum Gasteiger partial charge on any atom is 0.350 e. The smallest absolute Gasteiger partial charge is 0.350 e. The second kappa shape index (κ2) is 11.6. The topological polar surface area (TPSA) is 86.0 Å². The lowest BCUT2D eigenvalue weighted by Gasteiger charge is -2.31. The maximum absolute atomic E-state index is 13.7. The molecule has 9 heteroatoms. The summed E-state index contributed by atoms with van der Waals surface area (Å²) >= 11 is 1.37. The molecule has 1 amide bonds. The molecule has 0 radical (unpaired) electrons. The highest BCUT2D eigenvalue weighted by atomic mass is 32.1. The van der Waals surface area contributed by atoms with E-state index >= 15 is 0 Å². The van der Waals surface area contributed by atoms with Gasteiger partial charge in [0.15, 0.2) is 5.65 Å². The van der Waals surface area contributed by atoms with Crippen molar-refractivity contribution in [3.63, 3.8) is 0 Å². The van der Waals surface area contributed by atoms with E-state index in [-0.39, 0.29) is 17.7 Å². The summed E-state index contributed by atoms with van der Waals surface area (Å²) in [5, 5.41) is 4.67. The highest BCUT2D eigenvalue weighted by Crippen LogP contribution is 2.40. The number of carbonyl (C=O) groups excluding carboxylic acids is 2. The summed E-state index contributed by atoms with van der Waals surface area (Å²) < 4.78 is 12.2. The standard InChI is InChI=1S/C29H34N4O4S/c1-19-5-7-22(8-6-19)28(34)32(15-16-36-2)24-18-25(38-27(24)29(35)37-3)21-11-9-20(10-12-21)23-17-26-30-13-4-14-33(26)31-23/h4,9,11-14,17-20,22H,5-8,10,15-16H2,1-3H3. The van der Waals surface area contributed by atoms with Crippen molar-refractivity contribution < 1.29 is 19.1 Å². The van der Waals surface area contributed by atoms with Gasteiger partial charge in [-0.05, 0) is 55.7 Å². The monoisotopic (exact) mass is 534 g/mol. The number of nitrogens with zero attached hydrogens (tertiary/aromatic N) is 4. The highest BCUT2D eigenvalue weighted by Gasteiger charge is 2.32. The van der Waals surface area contributed by atoms with Crippen LogP contribution in [0.1, 0.15) is 65.2 Å². The van der Waals surface area contributed by atoms with Gasteiger partial charge in [-0.15, -0.1) is 11.3 Å². The van der Waals surface area contributed by atoms with Crippen LogP contribution in [-0.2, 0) is 14.3 Å². The van der Waals surface area contributed by atoms with E-state index in [1.54, 1.807) is 22.7 Å². The van der Waals surface area contributed by atoms with Crippen LogP contribution in [0.5, 0.6) is 0 Å². The van der Waals surface area contributed by atoms with Crippen molar-refractivity contribution in [1.29, 1.82) is 0 Å². The number of allylic oxidation sites excluding steroid dienone is 4. The number of fused-ring (bicyclic) bond motifs is 1. The molecule has 3 aromatic rings. The molecule has 8 nitrogen and oxygen atoms in total. The van der Waals surface area contributed by atoms with Gasteiger partial charge in [-0.2, -0.15) is 5.10 Å². The zero-order valence-corrected chi connectivity index (χ0v) is 22.9. The third kappa shape index (κ3) is 5.44. The predicted octanol–water partition coefficient (Wildman–Crippen LogP) is 5.51. The molecule has 3 aromatic heterocycles. The molecule has 2 aliphatic rings. The van der Waals surface area contributed by atoms with E-state index in [1.165, 1.54) is 18.4 Å². The van der Waals surface area contributed by atoms with Crippen molar-refractivity contribution >= 4 is 40.1 Å². The second-order valence-corrected chi connectivity index (χ2v) is 11.2. The highest BCUT2D eigenvalue weighted by molar-refractivity contribution is 7.15. The quantitative estimate of drug-likeness (QED) is 0.354. The molecule has 0 aromatic carbocycles. The van der Waals surface area contributed by atoms with Gasteiger partial charge in [0.1, 0.15) is 4.88 Å². The Hall–Kier alpha value is -3.30. The Morgan fingerprint density at radius 1 is 1.18 bits per heavy atom. The SMILES string of the molecule is COCCN(C(=O)C1CCC(C)CC1)c1cc(C2=CCC(c3cc4ncccn4n3)C=C2)sc1C(=O)OC. The number of hydrogen-bond donors (Lipinski definition) is 0. The van der Waals surface area contributed by atoms with Crippen LogP contribution in [0.3, 0.4) is 0 Å². The van der Waals surface area contributed by atoms with Crippen LogP contribution >= 0.6 is 11.3 Å². The Bertz CT molecular complexity index is 1330. The van der Waals surface area contributed by atoms with Crippen molar-refractivity contribution in [2.24, 2.45) is 11.8 Å². The number of hydrogen-bond acceptors (Lipinski definition) is 7. The van der Waals surface area contributed by atoms with Crippen molar-refractivity contribution in [3.8, 4) is 0 Å². The molecule has 0 saturated heterocycles. The molecule has 200 valence electrons. The fourth-order valence-electron chi connectivity index (χ4n) is 5.27. The summed E-state index contributed by atoms with van der Waals surface area (Å²) in [6.07, 6.45) is 14.7. The van der Waals surface area contributed by atoms with Crippen LogP contribution < -0.4 is 4.90 Å². The Labute approximate surface area is 227 Å². The molecular formula is C29H34N4O4S. The first-order chi connectivity index (χ1) is 18.5. The van der Waals surface area contributed by atoms with Crippen LogP contribution in [-0.4, -0.2) is 53.8 Å². The average molecular weight is 535 g/mol. The maximum atomic E-state index is 13.7. The number of methoxy groups -OCH3 is 2. The van der Waals surface area contributed by atoms with Gasteiger partial charge in [0.05, 0.1) is 25.1 Å². The van der Waals surface area contributed by atoms with E-state index in [0.717, 1.165) is 53.9 Å². The Kier molecular flexibility index (Phi) is 8.04. The van der Waals surface area contributed by atoms with Crippen LogP contribution in [0.25, 0.3) is 11.2 Å². The molecule has 1 saturated carbocycles. The molecule has 5 rings (SSSR count). The van der Waals surface area contributed by atoms with Crippen LogP contribution in [0, 0.1) is 11.8 Å². The molecule has 3 heterocycles. The van der Waals surface area contributed by atoms with Gasteiger partial charge in [0.2, 0.25) is 5.91 Å². The summed E-state index contributed by atoms with van der Waals surface area (Å²) in [6.45, 7) is 3.02. The molecule has 38 heavy (non-hydrogen) atoms. The minimum Gasteiger partial charge on any atom is -0.465 e. The Morgan fingerprint density at radius 3 is 2.68 bits per heavy atom. The van der Waals surface area contributed by atoms with Crippen molar-refractivity contribution in [2.75, 3.05) is 32.3 Å². The summed E-state index contributed by atoms with van der Waals surface area (Å²) in [5.41, 5.74) is 3.43. The summed E-state index contributed by atoms with van der Waals surface area (Å²) in [4.78, 5) is 34.0. The number of carbonyl (C=O) groups is 2. The Balaban J connectivity index is 1.41. The average Bonchev–Trinajstić information content (AvgIpc) is 3.58. The normalized spacial score (nSPS) is 21.3. The lowest BCUT2D eigenvalue weighted by Crippen LogP contribution is -2.40. The molecule has 2 aliphatic carbocycles. The van der Waals surface area contributed by atoms with Gasteiger partial charge in [-0.1, -0.05) is 25.2 Å². The van der Waals surface area contributed by atoms with Crippen LogP contribution in [0.4, 0.5) is 5.69 Å². The Morgan fingerprint density at radius 2 is 2.00 bits per heavy atom. The fraction of sp³-hybridized carbons (Fsp3) is 0.448. The molecular weight excluding hydrogens is 500 g/mol. The third-order valence-electron chi connectivity index (χ3n) is 7.54. The van der Waals surface area contributed by atoms with E-state index in [0.29, 0.717) is 29.6 Å². The molecule has 0 N–H and O–H groups in total. The van der Waals surface area contributed by atoms with E-state index in [4.69, 9.17) is 9.47 Å². The summed E-state index contributed by atoms with van der Waals surface area (Å²) in [7, 11) is 3.00. The summed E-state index contributed by atoms with van der Waals surface area (Å²) in [5.74, 6) is 0.395. The molecule has 1 atom stereocenters. The third-order valence-corrected chi connectivity index (χ3v) is 8.70. The van der Waals surface area contributed by atoms with E-state index in [2.05, 4.69) is 35.2 Å². The number of aromatic nitrogens is 3. The zero-order chi connectivity index (χ0) is 26.6. The van der Waals surface area contributed by atoms with Gasteiger partial charge >= 0.3 is 5.97 Å². The van der Waals surface area contributed by atoms with Gasteiger partial charge in [-0.25, -0.2) is 14.3 Å². The number of amides is 1. The summed E-state index contributed by atoms with van der Waals surface area (Å²) in [6, 6.07) is 5.83. The number of anilines is 1. The van der Waals surface area contributed by atoms with E-state index < -0.39 is 5.97 Å². The minimum atomic E-state index is -0.431. The minimum absolute atomic E-state index is 0.0358. The second-order valence-electron chi connectivity index (χ2n) is 10.1. The number of ether oxygens (including phenoxy) is 2. The lowest BCUT2D eigenvalue weighted by atomic mass is 9.82. The molecule has 1 unspecified atom stereocenters. The lowest BCUT2D eigenvalue weighted by molar-refractivity contribution is -0.123. The van der Waals surface area contributed by atoms with Crippen molar-refractivity contribution in [3.05, 3.63) is 64.3 Å². The molecule has 1 fully saturated rings. The van der Waals surface area contributed by atoms with E-state index in [1.807, 2.05) is 24.4 Å². The largest absolute Gasteiger partial charge is 0.465 e. The zero-order valence-electron chi connectivity index (χ0n) is 22.1. The van der Waals surface area contributed by atoms with Gasteiger partial charge in [0, 0.05) is 48.8 Å². The molecule has 0 spiro atoms.